The first kappa shape index (κ1) is 16.1. The predicted octanol–water partition coefficient (Wildman–Crippen LogP) is 2.47. The van der Waals surface area contributed by atoms with Gasteiger partial charge in [0, 0.05) is 38.8 Å². The van der Waals surface area contributed by atoms with Crippen LogP contribution in [0.5, 0.6) is 5.75 Å². The van der Waals surface area contributed by atoms with Crippen LogP contribution < -0.4 is 10.1 Å². The molecule has 126 valence electrons. The number of piperazine rings is 1. The van der Waals surface area contributed by atoms with Crippen LogP contribution in [0, 0.1) is 0 Å². The molecule has 1 aliphatic heterocycles. The lowest BCUT2D eigenvalue weighted by molar-refractivity contribution is 0.133. The average Bonchev–Trinajstić information content (AvgIpc) is 3.09. The van der Waals surface area contributed by atoms with Crippen molar-refractivity contribution in [1.82, 2.24) is 15.1 Å². The Morgan fingerprint density at radius 2 is 1.78 bits per heavy atom. The highest BCUT2D eigenvalue weighted by Crippen LogP contribution is 2.18. The summed E-state index contributed by atoms with van der Waals surface area (Å²) in [6.45, 7) is 4.43. The van der Waals surface area contributed by atoms with E-state index < -0.39 is 0 Å². The Morgan fingerprint density at radius 1 is 1.13 bits per heavy atom. The standard InChI is InChI=1S/C18H27N3O2/c1-23-17-8-6-15(7-9-17)14-20-10-12-21(13-11-20)18(22)19-16-4-2-3-5-16/h6-9,16H,2-5,10-14H2,1H3,(H,19,22). The summed E-state index contributed by atoms with van der Waals surface area (Å²) in [5, 5.41) is 3.18. The Hall–Kier alpha value is -1.75. The van der Waals surface area contributed by atoms with Crippen LogP contribution >= 0.6 is 0 Å². The van der Waals surface area contributed by atoms with Gasteiger partial charge < -0.3 is 15.0 Å². The quantitative estimate of drug-likeness (QED) is 0.928. The van der Waals surface area contributed by atoms with Gasteiger partial charge in [-0.05, 0) is 30.5 Å². The fourth-order valence-electron chi connectivity index (χ4n) is 3.43. The van der Waals surface area contributed by atoms with Gasteiger partial charge in [-0.25, -0.2) is 4.79 Å². The molecule has 1 aliphatic carbocycles. The second kappa shape index (κ2) is 7.68. The van der Waals surface area contributed by atoms with E-state index in [0.717, 1.165) is 51.3 Å². The Kier molecular flexibility index (Phi) is 5.39. The summed E-state index contributed by atoms with van der Waals surface area (Å²) in [5.74, 6) is 0.891. The van der Waals surface area contributed by atoms with Gasteiger partial charge in [0.1, 0.15) is 5.75 Å². The first-order valence-electron chi connectivity index (χ1n) is 8.65. The molecule has 0 radical (unpaired) electrons. The zero-order chi connectivity index (χ0) is 16.1. The minimum atomic E-state index is 0.126. The van der Waals surface area contributed by atoms with Crippen LogP contribution in [0.15, 0.2) is 24.3 Å². The lowest BCUT2D eigenvalue weighted by Gasteiger charge is -2.35. The molecule has 1 aromatic carbocycles. The molecular formula is C18H27N3O2. The van der Waals surface area contributed by atoms with Gasteiger partial charge in [0.25, 0.3) is 0 Å². The van der Waals surface area contributed by atoms with Crippen molar-refractivity contribution in [2.75, 3.05) is 33.3 Å². The molecule has 1 saturated carbocycles. The van der Waals surface area contributed by atoms with Crippen molar-refractivity contribution in [3.8, 4) is 5.75 Å². The first-order chi connectivity index (χ1) is 11.2. The SMILES string of the molecule is COc1ccc(CN2CCN(C(=O)NC3CCCC3)CC2)cc1. The molecule has 5 heteroatoms. The summed E-state index contributed by atoms with van der Waals surface area (Å²) in [4.78, 5) is 16.6. The minimum absolute atomic E-state index is 0.126. The molecule has 1 saturated heterocycles. The van der Waals surface area contributed by atoms with E-state index in [1.54, 1.807) is 7.11 Å². The van der Waals surface area contributed by atoms with Gasteiger partial charge in [-0.3, -0.25) is 4.90 Å². The number of hydrogen-bond acceptors (Lipinski definition) is 3. The second-order valence-electron chi connectivity index (χ2n) is 6.54. The zero-order valence-electron chi connectivity index (χ0n) is 14.0. The van der Waals surface area contributed by atoms with Crippen molar-refractivity contribution >= 4 is 6.03 Å². The third-order valence-corrected chi connectivity index (χ3v) is 4.91. The number of urea groups is 1. The van der Waals surface area contributed by atoms with E-state index in [2.05, 4.69) is 22.3 Å². The lowest BCUT2D eigenvalue weighted by atomic mass is 10.2. The van der Waals surface area contributed by atoms with E-state index in [1.165, 1.54) is 18.4 Å². The van der Waals surface area contributed by atoms with Crippen LogP contribution in [-0.2, 0) is 6.54 Å². The summed E-state index contributed by atoms with van der Waals surface area (Å²) < 4.78 is 5.19. The maximum atomic E-state index is 12.3. The fraction of sp³-hybridized carbons (Fsp3) is 0.611. The molecule has 2 fully saturated rings. The smallest absolute Gasteiger partial charge is 0.317 e. The molecule has 23 heavy (non-hydrogen) atoms. The third-order valence-electron chi connectivity index (χ3n) is 4.91. The number of nitrogens with one attached hydrogen (secondary N) is 1. The molecule has 1 N–H and O–H groups in total. The van der Waals surface area contributed by atoms with Crippen LogP contribution in [0.4, 0.5) is 4.79 Å². The molecule has 2 amide bonds. The molecule has 2 aliphatic rings. The summed E-state index contributed by atoms with van der Waals surface area (Å²) in [6.07, 6.45) is 4.79. The molecule has 0 bridgehead atoms. The number of benzene rings is 1. The van der Waals surface area contributed by atoms with E-state index in [4.69, 9.17) is 4.74 Å². The number of amides is 2. The van der Waals surface area contributed by atoms with Crippen molar-refractivity contribution in [2.24, 2.45) is 0 Å². The highest BCUT2D eigenvalue weighted by Gasteiger charge is 2.24. The first-order valence-corrected chi connectivity index (χ1v) is 8.65. The number of nitrogens with zero attached hydrogens (tertiary/aromatic N) is 2. The van der Waals surface area contributed by atoms with E-state index >= 15 is 0 Å². The van der Waals surface area contributed by atoms with Gasteiger partial charge in [0.15, 0.2) is 0 Å². The molecule has 0 spiro atoms. The predicted molar refractivity (Wildman–Crippen MR) is 90.6 cm³/mol. The molecule has 5 nitrogen and oxygen atoms in total. The second-order valence-corrected chi connectivity index (χ2v) is 6.54. The van der Waals surface area contributed by atoms with Crippen LogP contribution in [0.25, 0.3) is 0 Å². The van der Waals surface area contributed by atoms with Crippen LogP contribution in [0.1, 0.15) is 31.2 Å². The largest absolute Gasteiger partial charge is 0.497 e. The lowest BCUT2D eigenvalue weighted by Crippen LogP contribution is -2.52. The van der Waals surface area contributed by atoms with Gasteiger partial charge in [-0.2, -0.15) is 0 Å². The molecule has 0 unspecified atom stereocenters. The van der Waals surface area contributed by atoms with Crippen LogP contribution in [-0.4, -0.2) is 55.2 Å². The highest BCUT2D eigenvalue weighted by atomic mass is 16.5. The molecule has 0 aromatic heterocycles. The van der Waals surface area contributed by atoms with Crippen molar-refractivity contribution in [1.29, 1.82) is 0 Å². The van der Waals surface area contributed by atoms with Gasteiger partial charge >= 0.3 is 6.03 Å². The summed E-state index contributed by atoms with van der Waals surface area (Å²) in [6, 6.07) is 8.75. The van der Waals surface area contributed by atoms with Crippen LogP contribution in [0.2, 0.25) is 0 Å². The van der Waals surface area contributed by atoms with Crippen LogP contribution in [0.3, 0.4) is 0 Å². The molecule has 3 rings (SSSR count). The maximum absolute atomic E-state index is 12.3. The van der Waals surface area contributed by atoms with Crippen molar-refractivity contribution in [3.05, 3.63) is 29.8 Å². The topological polar surface area (TPSA) is 44.8 Å². The van der Waals surface area contributed by atoms with E-state index in [0.29, 0.717) is 6.04 Å². The Labute approximate surface area is 138 Å². The Bertz CT molecular complexity index is 504. The number of methoxy groups -OCH3 is 1. The van der Waals surface area contributed by atoms with Gasteiger partial charge in [-0.15, -0.1) is 0 Å². The summed E-state index contributed by atoms with van der Waals surface area (Å²) in [7, 11) is 1.69. The van der Waals surface area contributed by atoms with Gasteiger partial charge in [-0.1, -0.05) is 25.0 Å². The number of carbonyl (C=O) groups is 1. The number of hydrogen-bond donors (Lipinski definition) is 1. The Balaban J connectivity index is 1.43. The van der Waals surface area contributed by atoms with E-state index in [9.17, 15) is 4.79 Å². The van der Waals surface area contributed by atoms with E-state index in [-0.39, 0.29) is 6.03 Å². The molecule has 1 heterocycles. The maximum Gasteiger partial charge on any atom is 0.317 e. The number of carbonyl (C=O) groups excluding carboxylic acids is 1. The Morgan fingerprint density at radius 3 is 2.39 bits per heavy atom. The van der Waals surface area contributed by atoms with Crippen molar-refractivity contribution < 1.29 is 9.53 Å². The summed E-state index contributed by atoms with van der Waals surface area (Å²) in [5.41, 5.74) is 1.29. The normalized spacial score (nSPS) is 19.8. The zero-order valence-corrected chi connectivity index (χ0v) is 14.0. The molecule has 0 atom stereocenters. The fourth-order valence-corrected chi connectivity index (χ4v) is 3.43. The van der Waals surface area contributed by atoms with Crippen molar-refractivity contribution in [3.63, 3.8) is 0 Å². The minimum Gasteiger partial charge on any atom is -0.497 e. The third kappa shape index (κ3) is 4.38. The number of rotatable bonds is 4. The highest BCUT2D eigenvalue weighted by molar-refractivity contribution is 5.74. The van der Waals surface area contributed by atoms with Gasteiger partial charge in [0.05, 0.1) is 7.11 Å². The van der Waals surface area contributed by atoms with E-state index in [1.807, 2.05) is 17.0 Å². The molecule has 1 aromatic rings. The number of ether oxygens (including phenoxy) is 1. The van der Waals surface area contributed by atoms with Crippen molar-refractivity contribution in [2.45, 2.75) is 38.3 Å². The van der Waals surface area contributed by atoms with Gasteiger partial charge in [0.2, 0.25) is 0 Å². The monoisotopic (exact) mass is 317 g/mol. The molecular weight excluding hydrogens is 290 g/mol. The summed E-state index contributed by atoms with van der Waals surface area (Å²) >= 11 is 0. The average molecular weight is 317 g/mol.